The molecule has 1 unspecified atom stereocenters. The molecule has 6 nitrogen and oxygen atoms in total. The summed E-state index contributed by atoms with van der Waals surface area (Å²) >= 11 is 0. The predicted octanol–water partition coefficient (Wildman–Crippen LogP) is 3.51. The summed E-state index contributed by atoms with van der Waals surface area (Å²) in [4.78, 5) is 25.4. The lowest BCUT2D eigenvalue weighted by Crippen LogP contribution is -2.37. The molecule has 0 spiro atoms. The van der Waals surface area contributed by atoms with Crippen LogP contribution in [-0.4, -0.2) is 34.3 Å². The average Bonchev–Trinajstić information content (AvgIpc) is 2.31. The van der Waals surface area contributed by atoms with E-state index in [2.05, 4.69) is 16.7 Å². The van der Waals surface area contributed by atoms with Crippen LogP contribution in [-0.2, 0) is 24.4 Å². The zero-order valence-corrected chi connectivity index (χ0v) is 15.2. The van der Waals surface area contributed by atoms with Crippen LogP contribution in [0.25, 0.3) is 0 Å². The molecular formula is C16H30O6. The van der Waals surface area contributed by atoms with Crippen molar-refractivity contribution < 1.29 is 29.7 Å². The van der Waals surface area contributed by atoms with Crippen molar-refractivity contribution in [2.75, 3.05) is 6.61 Å². The maximum absolute atomic E-state index is 8.71. The first-order chi connectivity index (χ1) is 9.68. The summed E-state index contributed by atoms with van der Waals surface area (Å²) in [6.07, 6.45) is 0. The van der Waals surface area contributed by atoms with Crippen molar-refractivity contribution in [1.82, 2.24) is 0 Å². The van der Waals surface area contributed by atoms with E-state index in [4.69, 9.17) is 24.8 Å². The van der Waals surface area contributed by atoms with Crippen molar-refractivity contribution in [3.8, 4) is 11.8 Å². The molecule has 1 N–H and O–H groups in total. The molecule has 1 atom stereocenters. The first-order valence-electron chi connectivity index (χ1n) is 7.22. The molecule has 22 heavy (non-hydrogen) atoms. The fourth-order valence-electron chi connectivity index (χ4n) is 0.954. The molecular weight excluding hydrogens is 288 g/mol. The third-order valence-corrected chi connectivity index (χ3v) is 1.94. The van der Waals surface area contributed by atoms with Gasteiger partial charge in [-0.15, -0.1) is 0 Å². The van der Waals surface area contributed by atoms with E-state index in [0.717, 1.165) is 0 Å². The lowest BCUT2D eigenvalue weighted by atomic mass is 10.1. The Bertz CT molecular complexity index is 394. The van der Waals surface area contributed by atoms with Gasteiger partial charge in [-0.25, -0.2) is 24.4 Å². The Kier molecular flexibility index (Phi) is 7.49. The van der Waals surface area contributed by atoms with Crippen molar-refractivity contribution in [3.05, 3.63) is 0 Å². The van der Waals surface area contributed by atoms with E-state index >= 15 is 0 Å². The van der Waals surface area contributed by atoms with Crippen molar-refractivity contribution in [2.45, 2.75) is 84.7 Å². The van der Waals surface area contributed by atoms with Gasteiger partial charge in [0.15, 0.2) is 11.2 Å². The molecule has 0 aliphatic heterocycles. The quantitative estimate of drug-likeness (QED) is 0.459. The van der Waals surface area contributed by atoms with E-state index in [1.165, 1.54) is 0 Å². The normalized spacial score (nSPS) is 15.9. The molecule has 0 rings (SSSR count). The minimum atomic E-state index is -1.15. The first kappa shape index (κ1) is 21.3. The van der Waals surface area contributed by atoms with Gasteiger partial charge in [0.1, 0.15) is 6.61 Å². The SMILES string of the molecule is CC(C)(C)OOC(C)(C)C#CC(C)(COO)OOC(C)(C)C. The van der Waals surface area contributed by atoms with Gasteiger partial charge >= 0.3 is 0 Å². The fraction of sp³-hybridized carbons (Fsp3) is 0.875. The highest BCUT2D eigenvalue weighted by Crippen LogP contribution is 2.19. The first-order valence-corrected chi connectivity index (χ1v) is 7.22. The van der Waals surface area contributed by atoms with Crippen molar-refractivity contribution in [3.63, 3.8) is 0 Å². The molecule has 0 saturated carbocycles. The molecule has 0 aromatic heterocycles. The average molecular weight is 318 g/mol. The molecule has 0 aromatic carbocycles. The summed E-state index contributed by atoms with van der Waals surface area (Å²) in [5, 5.41) is 8.71. The van der Waals surface area contributed by atoms with Gasteiger partial charge in [-0.1, -0.05) is 11.8 Å². The highest BCUT2D eigenvalue weighted by atomic mass is 17.2. The van der Waals surface area contributed by atoms with Crippen LogP contribution in [0.1, 0.15) is 62.3 Å². The standard InChI is InChI=1S/C16H30O6/c1-13(2,3)19-21-15(7,8)10-11-16(9,12-18-17)22-20-14(4,5)6/h17H,12H2,1-9H3. The Morgan fingerprint density at radius 2 is 1.14 bits per heavy atom. The van der Waals surface area contributed by atoms with Gasteiger partial charge in [-0.05, 0) is 62.3 Å². The Morgan fingerprint density at radius 3 is 1.55 bits per heavy atom. The minimum absolute atomic E-state index is 0.174. The van der Waals surface area contributed by atoms with Gasteiger partial charge < -0.3 is 0 Å². The van der Waals surface area contributed by atoms with Crippen LogP contribution in [0.15, 0.2) is 0 Å². The van der Waals surface area contributed by atoms with Gasteiger partial charge in [-0.2, -0.15) is 0 Å². The number of hydrogen-bond donors (Lipinski definition) is 1. The van der Waals surface area contributed by atoms with E-state index in [0.29, 0.717) is 0 Å². The summed E-state index contributed by atoms with van der Waals surface area (Å²) in [7, 11) is 0. The van der Waals surface area contributed by atoms with Crippen LogP contribution < -0.4 is 0 Å². The topological polar surface area (TPSA) is 66.4 Å². The van der Waals surface area contributed by atoms with Crippen molar-refractivity contribution in [2.24, 2.45) is 0 Å². The lowest BCUT2D eigenvalue weighted by Gasteiger charge is -2.28. The largest absolute Gasteiger partial charge is 0.252 e. The van der Waals surface area contributed by atoms with Crippen LogP contribution in [0, 0.1) is 11.8 Å². The predicted molar refractivity (Wildman–Crippen MR) is 82.7 cm³/mol. The Hall–Kier alpha value is -0.680. The van der Waals surface area contributed by atoms with E-state index in [9.17, 15) is 0 Å². The molecule has 0 heterocycles. The van der Waals surface area contributed by atoms with Gasteiger partial charge in [0.05, 0.1) is 11.2 Å². The van der Waals surface area contributed by atoms with E-state index in [-0.39, 0.29) is 6.61 Å². The van der Waals surface area contributed by atoms with Crippen LogP contribution in [0.4, 0.5) is 0 Å². The maximum atomic E-state index is 8.71. The fourth-order valence-corrected chi connectivity index (χ4v) is 0.954. The van der Waals surface area contributed by atoms with E-state index in [1.54, 1.807) is 20.8 Å². The molecule has 130 valence electrons. The summed E-state index contributed by atoms with van der Waals surface area (Å²) in [5.74, 6) is 5.76. The van der Waals surface area contributed by atoms with E-state index < -0.39 is 22.4 Å². The molecule has 0 aliphatic carbocycles. The van der Waals surface area contributed by atoms with E-state index in [1.807, 2.05) is 41.5 Å². The van der Waals surface area contributed by atoms with Gasteiger partial charge in [0, 0.05) is 0 Å². The van der Waals surface area contributed by atoms with Gasteiger partial charge in [0.2, 0.25) is 0 Å². The molecule has 0 amide bonds. The number of rotatable bonds is 6. The third kappa shape index (κ3) is 11.0. The maximum Gasteiger partial charge on any atom is 0.187 e. The Balaban J connectivity index is 4.93. The second kappa shape index (κ2) is 7.73. The van der Waals surface area contributed by atoms with Gasteiger partial charge in [-0.3, -0.25) is 5.26 Å². The Morgan fingerprint density at radius 1 is 0.682 bits per heavy atom. The minimum Gasteiger partial charge on any atom is -0.252 e. The molecule has 0 bridgehead atoms. The third-order valence-electron chi connectivity index (χ3n) is 1.94. The monoisotopic (exact) mass is 318 g/mol. The van der Waals surface area contributed by atoms with Crippen LogP contribution in [0.2, 0.25) is 0 Å². The molecule has 0 radical (unpaired) electrons. The Labute approximate surface area is 133 Å². The van der Waals surface area contributed by atoms with Crippen LogP contribution in [0.5, 0.6) is 0 Å². The van der Waals surface area contributed by atoms with Crippen molar-refractivity contribution >= 4 is 0 Å². The number of hydrogen-bond acceptors (Lipinski definition) is 6. The van der Waals surface area contributed by atoms with Crippen LogP contribution in [0.3, 0.4) is 0 Å². The zero-order valence-electron chi connectivity index (χ0n) is 15.2. The van der Waals surface area contributed by atoms with Crippen molar-refractivity contribution in [1.29, 1.82) is 0 Å². The highest BCUT2D eigenvalue weighted by Gasteiger charge is 2.30. The molecule has 6 heteroatoms. The molecule has 0 aromatic rings. The smallest absolute Gasteiger partial charge is 0.187 e. The lowest BCUT2D eigenvalue weighted by molar-refractivity contribution is -0.406. The summed E-state index contributed by atoms with van der Waals surface area (Å²) in [6.45, 7) is 16.1. The van der Waals surface area contributed by atoms with Gasteiger partial charge in [0.25, 0.3) is 0 Å². The second-order valence-electron chi connectivity index (χ2n) is 7.82. The molecule has 0 fully saturated rings. The molecule has 0 saturated heterocycles. The summed E-state index contributed by atoms with van der Waals surface area (Å²) < 4.78 is 0. The second-order valence-corrected chi connectivity index (χ2v) is 7.82. The summed E-state index contributed by atoms with van der Waals surface area (Å²) in [5.41, 5.74) is -2.97. The zero-order chi connectivity index (χ0) is 17.7. The molecule has 0 aliphatic rings. The summed E-state index contributed by atoms with van der Waals surface area (Å²) in [6, 6.07) is 0. The highest BCUT2D eigenvalue weighted by molar-refractivity contribution is 5.19. The van der Waals surface area contributed by atoms with Crippen LogP contribution >= 0.6 is 0 Å².